The van der Waals surface area contributed by atoms with Gasteiger partial charge in [-0.05, 0) is 27.7 Å². The number of carbonyl (C=O) groups is 2. The molecule has 0 unspecified atom stereocenters. The molecule has 0 saturated heterocycles. The van der Waals surface area contributed by atoms with Crippen molar-refractivity contribution in [3.63, 3.8) is 0 Å². The van der Waals surface area contributed by atoms with E-state index in [9.17, 15) is 9.59 Å². The number of carboxylic acids is 2. The van der Waals surface area contributed by atoms with Gasteiger partial charge in [0.05, 0.1) is 0 Å². The Bertz CT molecular complexity index is 276. The Balaban J connectivity index is -0.000000116. The van der Waals surface area contributed by atoms with Gasteiger partial charge in [-0.15, -0.1) is 0 Å². The van der Waals surface area contributed by atoms with Gasteiger partial charge in [-0.1, -0.05) is 0 Å². The van der Waals surface area contributed by atoms with E-state index in [0.717, 1.165) is 0 Å². The van der Waals surface area contributed by atoms with Crippen LogP contribution in [-0.4, -0.2) is 43.7 Å². The summed E-state index contributed by atoms with van der Waals surface area (Å²) in [7, 11) is 0. The summed E-state index contributed by atoms with van der Waals surface area (Å²) in [6.45, 7) is 6.65. The van der Waals surface area contributed by atoms with Gasteiger partial charge >= 0.3 is 11.9 Å². The van der Waals surface area contributed by atoms with Crippen LogP contribution < -0.4 is 11.5 Å². The van der Waals surface area contributed by atoms with Crippen LogP contribution in [0.25, 0.3) is 0 Å². The number of hydrogen-bond acceptors (Lipinski definition) is 6. The van der Waals surface area contributed by atoms with Gasteiger partial charge in [-0.25, -0.2) is 0 Å². The van der Waals surface area contributed by atoms with Gasteiger partial charge in [0, 0.05) is 50.7 Å². The van der Waals surface area contributed by atoms with Crippen LogP contribution in [0.15, 0.2) is 0 Å². The topological polar surface area (TPSA) is 127 Å². The maximum absolute atomic E-state index is 10.2. The van der Waals surface area contributed by atoms with Gasteiger partial charge in [-0.2, -0.15) is 25.3 Å². The molecule has 10 heteroatoms. The molecule has 2 atom stereocenters. The zero-order valence-electron chi connectivity index (χ0n) is 12.0. The first kappa shape index (κ1) is 28.9. The van der Waals surface area contributed by atoms with Gasteiger partial charge in [-0.3, -0.25) is 9.59 Å². The van der Waals surface area contributed by atoms with Crippen molar-refractivity contribution in [2.75, 3.05) is 0 Å². The number of aliphatic carboxylic acids is 2. The fourth-order valence-electron chi connectivity index (χ4n) is 0.604. The summed E-state index contributed by atoms with van der Waals surface area (Å²) >= 11 is 7.97. The standard InChI is InChI=1S/2C5H11NO2S.Hg.S/c2*1-5(2,9)3(6)4(7)8;;/h2*3,9H,6H2,1-2H3,(H,7,8);;/t2*3-;;/m11../s1. The number of rotatable bonds is 4. The number of nitrogens with two attached hydrogens (primary N) is 2. The van der Waals surface area contributed by atoms with E-state index in [2.05, 4.69) is 25.3 Å². The first-order valence-electron chi connectivity index (χ1n) is 5.12. The molecule has 0 saturated carbocycles. The molecule has 0 rings (SSSR count). The smallest absolute Gasteiger partial charge is 0.321 e. The van der Waals surface area contributed by atoms with Crippen LogP contribution in [-0.2, 0) is 37.3 Å². The molecule has 6 nitrogen and oxygen atoms in total. The maximum atomic E-state index is 10.2. The molecule has 0 aromatic heterocycles. The molecule has 0 aliphatic carbocycles. The second-order valence-corrected chi connectivity index (χ2v) is 7.24. The van der Waals surface area contributed by atoms with Crippen molar-refractivity contribution in [2.45, 2.75) is 49.3 Å². The summed E-state index contributed by atoms with van der Waals surface area (Å²) in [6.07, 6.45) is 0. The fourth-order valence-corrected chi connectivity index (χ4v) is 0.825. The largest absolute Gasteiger partial charge is 0.480 e. The minimum absolute atomic E-state index is 0. The Labute approximate surface area is 158 Å². The van der Waals surface area contributed by atoms with E-state index in [4.69, 9.17) is 21.7 Å². The first-order valence-corrected chi connectivity index (χ1v) is 6.02. The van der Waals surface area contributed by atoms with Gasteiger partial charge in [0.1, 0.15) is 12.1 Å². The summed E-state index contributed by atoms with van der Waals surface area (Å²) in [5, 5.41) is 16.7. The summed E-state index contributed by atoms with van der Waals surface area (Å²) in [5.41, 5.74) is 10.4. The van der Waals surface area contributed by atoms with E-state index in [1.807, 2.05) is 0 Å². The Morgan fingerprint density at radius 1 is 0.900 bits per heavy atom. The molecular formula is C10H22HgN2O4S3. The van der Waals surface area contributed by atoms with E-state index >= 15 is 0 Å². The minimum Gasteiger partial charge on any atom is -0.480 e. The predicted molar refractivity (Wildman–Crippen MR) is 84.9 cm³/mol. The Kier molecular flexibility index (Phi) is 16.5. The SMILES string of the molecule is CC(C)(S)[C@H](N)C(=O)O.CC(C)(S)[C@H](N)C(=O)O.[Hg].[S]. The van der Waals surface area contributed by atoms with Crippen molar-refractivity contribution < 1.29 is 47.5 Å². The third-order valence-corrected chi connectivity index (χ3v) is 2.61. The van der Waals surface area contributed by atoms with Gasteiger partial charge in [0.2, 0.25) is 0 Å². The molecule has 2 radical (unpaired) electrons. The zero-order valence-corrected chi connectivity index (χ0v) is 20.1. The van der Waals surface area contributed by atoms with Crippen molar-refractivity contribution >= 4 is 50.7 Å². The summed E-state index contributed by atoms with van der Waals surface area (Å²) in [5.74, 6) is -2.04. The minimum atomic E-state index is -1.02. The van der Waals surface area contributed by atoms with Crippen molar-refractivity contribution in [1.29, 1.82) is 0 Å². The predicted octanol–water partition coefficient (Wildman–Crippen LogP) is 0.859. The zero-order chi connectivity index (χ0) is 15.3. The molecule has 0 aromatic carbocycles. The molecule has 0 bridgehead atoms. The van der Waals surface area contributed by atoms with Gasteiger partial charge in [0.15, 0.2) is 0 Å². The molecular weight excluding hydrogens is 509 g/mol. The first-order chi connectivity index (χ1) is 7.71. The van der Waals surface area contributed by atoms with Crippen LogP contribution in [0.3, 0.4) is 0 Å². The van der Waals surface area contributed by atoms with E-state index in [0.29, 0.717) is 0 Å². The summed E-state index contributed by atoms with van der Waals surface area (Å²) < 4.78 is -1.29. The maximum Gasteiger partial charge on any atom is 0.321 e. The normalized spacial score (nSPS) is 13.6. The summed E-state index contributed by atoms with van der Waals surface area (Å²) in [6, 6.07) is -1.80. The van der Waals surface area contributed by atoms with Crippen LogP contribution in [0, 0.1) is 0 Å². The van der Waals surface area contributed by atoms with Crippen LogP contribution in [0.5, 0.6) is 0 Å². The fraction of sp³-hybridized carbons (Fsp3) is 0.800. The molecule has 116 valence electrons. The van der Waals surface area contributed by atoms with Crippen molar-refractivity contribution in [2.24, 2.45) is 11.5 Å². The van der Waals surface area contributed by atoms with Crippen molar-refractivity contribution in [3.05, 3.63) is 0 Å². The second kappa shape index (κ2) is 11.4. The van der Waals surface area contributed by atoms with Crippen LogP contribution in [0.4, 0.5) is 0 Å². The molecule has 6 N–H and O–H groups in total. The van der Waals surface area contributed by atoms with E-state index < -0.39 is 33.5 Å². The molecule has 20 heavy (non-hydrogen) atoms. The van der Waals surface area contributed by atoms with Crippen LogP contribution in [0.2, 0.25) is 0 Å². The average molecular weight is 531 g/mol. The van der Waals surface area contributed by atoms with E-state index in [1.165, 1.54) is 0 Å². The molecule has 0 aromatic rings. The average Bonchev–Trinajstić information content (AvgIpc) is 2.13. The number of hydrogen-bond donors (Lipinski definition) is 6. The summed E-state index contributed by atoms with van der Waals surface area (Å²) in [4.78, 5) is 20.3. The van der Waals surface area contributed by atoms with E-state index in [-0.39, 0.29) is 41.2 Å². The van der Waals surface area contributed by atoms with Gasteiger partial charge < -0.3 is 21.7 Å². The Morgan fingerprint density at radius 3 is 1.05 bits per heavy atom. The number of carboxylic acid groups (broad SMARTS) is 2. The molecule has 0 aliphatic heterocycles. The molecule has 0 aliphatic rings. The molecule has 0 heterocycles. The van der Waals surface area contributed by atoms with E-state index in [1.54, 1.807) is 27.7 Å². The van der Waals surface area contributed by atoms with Gasteiger partial charge in [0.25, 0.3) is 0 Å². The molecule has 0 spiro atoms. The third-order valence-electron chi connectivity index (χ3n) is 2.05. The molecule has 0 amide bonds. The number of thiol groups is 2. The molecule has 0 fully saturated rings. The monoisotopic (exact) mass is 532 g/mol. The van der Waals surface area contributed by atoms with Crippen molar-refractivity contribution in [3.8, 4) is 0 Å². The van der Waals surface area contributed by atoms with Crippen molar-refractivity contribution in [1.82, 2.24) is 0 Å². The quantitative estimate of drug-likeness (QED) is 0.236. The Morgan fingerprint density at radius 2 is 1.05 bits per heavy atom. The van der Waals surface area contributed by atoms with Crippen LogP contribution >= 0.6 is 38.8 Å². The van der Waals surface area contributed by atoms with Crippen LogP contribution in [0.1, 0.15) is 27.7 Å². The Hall–Kier alpha value is 0.845. The second-order valence-electron chi connectivity index (χ2n) is 4.94. The third kappa shape index (κ3) is 13.8.